The molecule has 0 aliphatic carbocycles. The molecule has 4 nitrogen and oxygen atoms in total. The fraction of sp³-hybridized carbons (Fsp3) is 0.625. The Morgan fingerprint density at radius 3 is 3.00 bits per heavy atom. The van der Waals surface area contributed by atoms with Crippen LogP contribution in [0.3, 0.4) is 0 Å². The van der Waals surface area contributed by atoms with E-state index in [-0.39, 0.29) is 6.10 Å². The standard InChI is InChI=1S/C16H25BrN2O2/c1-12(2)18-9-13-5-4-6-15(17)16(13)21-11-14-10-19(3)7-8-20-14/h4-6,12,14,18H,7-11H2,1-3H3. The predicted octanol–water partition coefficient (Wildman–Crippen LogP) is 2.66. The zero-order valence-corrected chi connectivity index (χ0v) is 14.6. The Balaban J connectivity index is 1.97. The summed E-state index contributed by atoms with van der Waals surface area (Å²) in [4.78, 5) is 2.28. The Hall–Kier alpha value is -0.620. The molecule has 0 saturated carbocycles. The first-order valence-electron chi connectivity index (χ1n) is 7.50. The van der Waals surface area contributed by atoms with Crippen LogP contribution in [-0.4, -0.2) is 50.4 Å². The van der Waals surface area contributed by atoms with E-state index in [1.807, 2.05) is 12.1 Å². The molecule has 5 heteroatoms. The minimum Gasteiger partial charge on any atom is -0.489 e. The Kier molecular flexibility index (Phi) is 6.48. The van der Waals surface area contributed by atoms with Crippen molar-refractivity contribution in [2.24, 2.45) is 0 Å². The molecule has 1 saturated heterocycles. The number of rotatable bonds is 6. The number of halogens is 1. The van der Waals surface area contributed by atoms with Gasteiger partial charge in [-0.25, -0.2) is 0 Å². The number of ether oxygens (including phenoxy) is 2. The lowest BCUT2D eigenvalue weighted by atomic mass is 10.2. The predicted molar refractivity (Wildman–Crippen MR) is 88.8 cm³/mol. The monoisotopic (exact) mass is 356 g/mol. The lowest BCUT2D eigenvalue weighted by Gasteiger charge is -2.30. The topological polar surface area (TPSA) is 33.7 Å². The van der Waals surface area contributed by atoms with Gasteiger partial charge in [0.2, 0.25) is 0 Å². The van der Waals surface area contributed by atoms with Gasteiger partial charge in [0.05, 0.1) is 11.1 Å². The van der Waals surface area contributed by atoms with Crippen LogP contribution in [0.5, 0.6) is 5.75 Å². The molecule has 0 spiro atoms. The van der Waals surface area contributed by atoms with Gasteiger partial charge in [-0.05, 0) is 29.0 Å². The maximum Gasteiger partial charge on any atom is 0.138 e. The first kappa shape index (κ1) is 16.7. The number of nitrogens with zero attached hydrogens (tertiary/aromatic N) is 1. The summed E-state index contributed by atoms with van der Waals surface area (Å²) in [5.74, 6) is 0.919. The molecule has 1 N–H and O–H groups in total. The highest BCUT2D eigenvalue weighted by atomic mass is 79.9. The van der Waals surface area contributed by atoms with E-state index in [1.54, 1.807) is 0 Å². The molecule has 1 aromatic carbocycles. The van der Waals surface area contributed by atoms with E-state index in [2.05, 4.69) is 53.1 Å². The highest BCUT2D eigenvalue weighted by molar-refractivity contribution is 9.10. The second-order valence-electron chi connectivity index (χ2n) is 5.83. The second-order valence-corrected chi connectivity index (χ2v) is 6.68. The van der Waals surface area contributed by atoms with Crippen LogP contribution in [0.2, 0.25) is 0 Å². The van der Waals surface area contributed by atoms with Gasteiger partial charge in [-0.2, -0.15) is 0 Å². The van der Waals surface area contributed by atoms with E-state index in [4.69, 9.17) is 9.47 Å². The molecule has 1 heterocycles. The lowest BCUT2D eigenvalue weighted by Crippen LogP contribution is -2.42. The average molecular weight is 357 g/mol. The van der Waals surface area contributed by atoms with Gasteiger partial charge in [-0.15, -0.1) is 0 Å². The Morgan fingerprint density at radius 2 is 2.29 bits per heavy atom. The zero-order chi connectivity index (χ0) is 15.2. The van der Waals surface area contributed by atoms with Gasteiger partial charge in [0.15, 0.2) is 0 Å². The normalized spacial score (nSPS) is 20.0. The van der Waals surface area contributed by atoms with Crippen LogP contribution >= 0.6 is 15.9 Å². The molecule has 1 aliphatic heterocycles. The van der Waals surface area contributed by atoms with Crippen LogP contribution in [0.1, 0.15) is 19.4 Å². The summed E-state index contributed by atoms with van der Waals surface area (Å²) in [7, 11) is 2.12. The number of morpholine rings is 1. The molecule has 2 rings (SSSR count). The number of hydrogen-bond donors (Lipinski definition) is 1. The summed E-state index contributed by atoms with van der Waals surface area (Å²) in [5, 5.41) is 3.43. The lowest BCUT2D eigenvalue weighted by molar-refractivity contribution is -0.0405. The van der Waals surface area contributed by atoms with Crippen LogP contribution in [0, 0.1) is 0 Å². The molecule has 0 bridgehead atoms. The summed E-state index contributed by atoms with van der Waals surface area (Å²) in [6.07, 6.45) is 0.141. The molecule has 1 aliphatic rings. The van der Waals surface area contributed by atoms with E-state index in [1.165, 1.54) is 5.56 Å². The van der Waals surface area contributed by atoms with Crippen LogP contribution in [-0.2, 0) is 11.3 Å². The fourth-order valence-corrected chi connectivity index (χ4v) is 2.83. The molecule has 0 aromatic heterocycles. The van der Waals surface area contributed by atoms with E-state index >= 15 is 0 Å². The summed E-state index contributed by atoms with van der Waals surface area (Å²) in [5.41, 5.74) is 1.17. The largest absolute Gasteiger partial charge is 0.489 e. The van der Waals surface area contributed by atoms with Crippen LogP contribution in [0.25, 0.3) is 0 Å². The molecule has 1 atom stereocenters. The molecule has 0 amide bonds. The third-order valence-electron chi connectivity index (χ3n) is 3.50. The third-order valence-corrected chi connectivity index (χ3v) is 4.13. The molecule has 118 valence electrons. The minimum absolute atomic E-state index is 0.141. The minimum atomic E-state index is 0.141. The highest BCUT2D eigenvalue weighted by Crippen LogP contribution is 2.29. The summed E-state index contributed by atoms with van der Waals surface area (Å²) in [6.45, 7) is 8.37. The fourth-order valence-electron chi connectivity index (χ4n) is 2.31. The van der Waals surface area contributed by atoms with Gasteiger partial charge in [0, 0.05) is 31.2 Å². The smallest absolute Gasteiger partial charge is 0.138 e. The Morgan fingerprint density at radius 1 is 1.48 bits per heavy atom. The van der Waals surface area contributed by atoms with Crippen molar-refractivity contribution in [3.8, 4) is 5.75 Å². The number of benzene rings is 1. The molecule has 1 aromatic rings. The summed E-state index contributed by atoms with van der Waals surface area (Å²) < 4.78 is 12.8. The van der Waals surface area contributed by atoms with Crippen LogP contribution in [0.15, 0.2) is 22.7 Å². The van der Waals surface area contributed by atoms with Crippen molar-refractivity contribution in [2.45, 2.75) is 32.5 Å². The van der Waals surface area contributed by atoms with Gasteiger partial charge in [-0.3, -0.25) is 0 Å². The van der Waals surface area contributed by atoms with Gasteiger partial charge in [0.25, 0.3) is 0 Å². The quantitative estimate of drug-likeness (QED) is 0.849. The van der Waals surface area contributed by atoms with Crippen molar-refractivity contribution in [3.63, 3.8) is 0 Å². The van der Waals surface area contributed by atoms with Gasteiger partial charge in [-0.1, -0.05) is 26.0 Å². The van der Waals surface area contributed by atoms with E-state index < -0.39 is 0 Å². The SMILES string of the molecule is CC(C)NCc1cccc(Br)c1OCC1CN(C)CCO1. The van der Waals surface area contributed by atoms with Crippen molar-refractivity contribution >= 4 is 15.9 Å². The van der Waals surface area contributed by atoms with Gasteiger partial charge >= 0.3 is 0 Å². The van der Waals surface area contributed by atoms with Gasteiger partial charge in [0.1, 0.15) is 18.5 Å². The summed E-state index contributed by atoms with van der Waals surface area (Å²) >= 11 is 3.59. The maximum atomic E-state index is 6.05. The van der Waals surface area contributed by atoms with Crippen LogP contribution < -0.4 is 10.1 Å². The number of para-hydroxylation sites is 1. The Labute approximate surface area is 135 Å². The highest BCUT2D eigenvalue weighted by Gasteiger charge is 2.19. The van der Waals surface area contributed by atoms with E-state index in [9.17, 15) is 0 Å². The van der Waals surface area contributed by atoms with Crippen molar-refractivity contribution in [1.82, 2.24) is 10.2 Å². The van der Waals surface area contributed by atoms with E-state index in [0.29, 0.717) is 12.6 Å². The van der Waals surface area contributed by atoms with Gasteiger partial charge < -0.3 is 19.7 Å². The van der Waals surface area contributed by atoms with Crippen molar-refractivity contribution in [3.05, 3.63) is 28.2 Å². The number of hydrogen-bond acceptors (Lipinski definition) is 4. The maximum absolute atomic E-state index is 6.05. The van der Waals surface area contributed by atoms with Crippen LogP contribution in [0.4, 0.5) is 0 Å². The molecule has 1 fully saturated rings. The van der Waals surface area contributed by atoms with Crippen molar-refractivity contribution < 1.29 is 9.47 Å². The molecule has 21 heavy (non-hydrogen) atoms. The molecular formula is C16H25BrN2O2. The number of nitrogens with one attached hydrogen (secondary N) is 1. The zero-order valence-electron chi connectivity index (χ0n) is 13.1. The second kappa shape index (κ2) is 8.13. The summed E-state index contributed by atoms with van der Waals surface area (Å²) in [6, 6.07) is 6.61. The van der Waals surface area contributed by atoms with Crippen molar-refractivity contribution in [2.75, 3.05) is 33.4 Å². The molecule has 0 radical (unpaired) electrons. The Bertz CT molecular complexity index is 454. The van der Waals surface area contributed by atoms with E-state index in [0.717, 1.165) is 36.5 Å². The first-order valence-corrected chi connectivity index (χ1v) is 8.29. The first-order chi connectivity index (χ1) is 10.1. The molecular weight excluding hydrogens is 332 g/mol. The molecule has 1 unspecified atom stereocenters. The number of likely N-dealkylation sites (N-methyl/N-ethyl adjacent to an activating group) is 1. The average Bonchev–Trinajstić information content (AvgIpc) is 2.44. The third kappa shape index (κ3) is 5.25. The van der Waals surface area contributed by atoms with Crippen molar-refractivity contribution in [1.29, 1.82) is 0 Å².